The van der Waals surface area contributed by atoms with E-state index in [9.17, 15) is 8.42 Å². The number of rotatable bonds is 4. The van der Waals surface area contributed by atoms with Crippen molar-refractivity contribution in [2.75, 3.05) is 10.8 Å². The van der Waals surface area contributed by atoms with Gasteiger partial charge in [-0.15, -0.1) is 6.58 Å². The van der Waals surface area contributed by atoms with E-state index in [1.807, 2.05) is 24.3 Å². The van der Waals surface area contributed by atoms with Crippen LogP contribution in [-0.4, -0.2) is 21.0 Å². The average molecular weight is 439 g/mol. The topological polar surface area (TPSA) is 62.1 Å². The number of para-hydroxylation sites is 1. The molecular weight excluding hydrogens is 426 g/mol. The third kappa shape index (κ3) is 3.55. The standard InChI is InChI=1S/C17H13BrClN3O2S/c1-2-9-22-17-12(10-25(22,23)24)14(19)7-8-16(17)21-11-20-15-6-4-3-5-13(15)18/h2-8H,1,9-10H2. The average Bonchev–Trinajstić information content (AvgIpc) is 2.84. The second-order valence-corrected chi connectivity index (χ2v) is 8.40. The maximum absolute atomic E-state index is 12.4. The lowest BCUT2D eigenvalue weighted by molar-refractivity contribution is 0.595. The van der Waals surface area contributed by atoms with Crippen LogP contribution in [0.2, 0.25) is 5.02 Å². The van der Waals surface area contributed by atoms with Crippen LogP contribution < -0.4 is 4.31 Å². The van der Waals surface area contributed by atoms with Crippen LogP contribution in [0.3, 0.4) is 0 Å². The Hall–Kier alpha value is -1.92. The minimum absolute atomic E-state index is 0.152. The Morgan fingerprint density at radius 3 is 2.68 bits per heavy atom. The third-order valence-corrected chi connectivity index (χ3v) is 6.29. The molecule has 0 spiro atoms. The van der Waals surface area contributed by atoms with Crippen LogP contribution in [-0.2, 0) is 15.8 Å². The first-order chi connectivity index (χ1) is 11.9. The lowest BCUT2D eigenvalue weighted by atomic mass is 10.1. The molecule has 0 radical (unpaired) electrons. The summed E-state index contributed by atoms with van der Waals surface area (Å²) in [4.78, 5) is 8.39. The van der Waals surface area contributed by atoms with E-state index in [4.69, 9.17) is 11.6 Å². The molecule has 1 aliphatic rings. The van der Waals surface area contributed by atoms with Gasteiger partial charge >= 0.3 is 0 Å². The minimum Gasteiger partial charge on any atom is -0.264 e. The maximum Gasteiger partial charge on any atom is 0.239 e. The van der Waals surface area contributed by atoms with Crippen molar-refractivity contribution < 1.29 is 8.42 Å². The molecule has 0 saturated carbocycles. The van der Waals surface area contributed by atoms with E-state index in [0.717, 1.165) is 4.47 Å². The highest BCUT2D eigenvalue weighted by atomic mass is 79.9. The van der Waals surface area contributed by atoms with Gasteiger partial charge in [-0.1, -0.05) is 29.8 Å². The molecular formula is C17H13BrClN3O2S. The number of hydrogen-bond donors (Lipinski definition) is 0. The molecule has 0 N–H and O–H groups in total. The van der Waals surface area contributed by atoms with Gasteiger partial charge in [0.15, 0.2) is 0 Å². The fourth-order valence-corrected chi connectivity index (χ4v) is 4.80. The first-order valence-corrected chi connectivity index (χ1v) is 10.1. The zero-order valence-electron chi connectivity index (χ0n) is 13.0. The van der Waals surface area contributed by atoms with Crippen LogP contribution in [0.4, 0.5) is 17.1 Å². The van der Waals surface area contributed by atoms with Crippen molar-refractivity contribution in [1.29, 1.82) is 0 Å². The summed E-state index contributed by atoms with van der Waals surface area (Å²) in [6.07, 6.45) is 1.52. The Labute approximate surface area is 159 Å². The van der Waals surface area contributed by atoms with Crippen molar-refractivity contribution in [2.45, 2.75) is 5.75 Å². The molecule has 2 aromatic carbocycles. The smallest absolute Gasteiger partial charge is 0.239 e. The van der Waals surface area contributed by atoms with Crippen LogP contribution in [0.25, 0.3) is 0 Å². The van der Waals surface area contributed by atoms with Gasteiger partial charge in [0, 0.05) is 15.1 Å². The lowest BCUT2D eigenvalue weighted by Gasteiger charge is -2.17. The number of aliphatic imine (C=N–C) groups is 2. The zero-order chi connectivity index (χ0) is 18.0. The molecule has 2 aromatic rings. The second kappa shape index (κ2) is 7.14. The van der Waals surface area contributed by atoms with Gasteiger partial charge in [-0.2, -0.15) is 9.98 Å². The number of benzene rings is 2. The Morgan fingerprint density at radius 2 is 1.96 bits per heavy atom. The fourth-order valence-electron chi connectivity index (χ4n) is 2.50. The number of sulfonamides is 1. The normalized spacial score (nSPS) is 14.6. The van der Waals surface area contributed by atoms with E-state index < -0.39 is 10.0 Å². The van der Waals surface area contributed by atoms with Crippen molar-refractivity contribution in [1.82, 2.24) is 0 Å². The SMILES string of the molecule is C=CCN1c2c(N=C=Nc3ccccc3Br)ccc(Cl)c2CS1(=O)=O. The molecule has 0 saturated heterocycles. The first-order valence-electron chi connectivity index (χ1n) is 7.27. The Bertz CT molecular complexity index is 1010. The number of halogens is 2. The van der Waals surface area contributed by atoms with Gasteiger partial charge in [0.05, 0.1) is 29.4 Å². The molecule has 8 heteroatoms. The summed E-state index contributed by atoms with van der Waals surface area (Å²) >= 11 is 9.57. The molecule has 1 aliphatic heterocycles. The second-order valence-electron chi connectivity index (χ2n) is 5.24. The predicted molar refractivity (Wildman–Crippen MR) is 105 cm³/mol. The van der Waals surface area contributed by atoms with Crippen LogP contribution in [0.5, 0.6) is 0 Å². The Morgan fingerprint density at radius 1 is 1.24 bits per heavy atom. The van der Waals surface area contributed by atoms with E-state index in [0.29, 0.717) is 27.6 Å². The molecule has 0 amide bonds. The van der Waals surface area contributed by atoms with Gasteiger partial charge in [-0.05, 0) is 40.2 Å². The van der Waals surface area contributed by atoms with E-state index in [2.05, 4.69) is 38.5 Å². The highest BCUT2D eigenvalue weighted by Gasteiger charge is 2.36. The third-order valence-electron chi connectivity index (χ3n) is 3.60. The number of anilines is 1. The molecule has 1 heterocycles. The Kier molecular flexibility index (Phi) is 5.11. The molecule has 25 heavy (non-hydrogen) atoms. The summed E-state index contributed by atoms with van der Waals surface area (Å²) in [5, 5.41) is 0.395. The van der Waals surface area contributed by atoms with Crippen molar-refractivity contribution in [3.63, 3.8) is 0 Å². The summed E-state index contributed by atoms with van der Waals surface area (Å²) in [6.45, 7) is 3.77. The molecule has 0 bridgehead atoms. The minimum atomic E-state index is -3.49. The summed E-state index contributed by atoms with van der Waals surface area (Å²) in [7, 11) is -3.49. The van der Waals surface area contributed by atoms with E-state index in [-0.39, 0.29) is 12.3 Å². The van der Waals surface area contributed by atoms with Gasteiger partial charge in [-0.3, -0.25) is 4.31 Å². The summed E-state index contributed by atoms with van der Waals surface area (Å²) in [5.74, 6) is -0.153. The van der Waals surface area contributed by atoms with Crippen molar-refractivity contribution >= 4 is 60.6 Å². The summed E-state index contributed by atoms with van der Waals surface area (Å²) < 4.78 is 26.8. The molecule has 0 unspecified atom stereocenters. The van der Waals surface area contributed by atoms with Crippen LogP contribution in [0.1, 0.15) is 5.56 Å². The summed E-state index contributed by atoms with van der Waals surface area (Å²) in [6, 6.07) is 13.3. The number of fused-ring (bicyclic) bond motifs is 1. The Balaban J connectivity index is 2.08. The van der Waals surface area contributed by atoms with E-state index in [1.54, 1.807) is 12.1 Å². The predicted octanol–water partition coefficient (Wildman–Crippen LogP) is 5.08. The van der Waals surface area contributed by atoms with E-state index in [1.165, 1.54) is 10.4 Å². The quantitative estimate of drug-likeness (QED) is 0.494. The van der Waals surface area contributed by atoms with Crippen LogP contribution in [0, 0.1) is 0 Å². The van der Waals surface area contributed by atoms with Gasteiger partial charge in [0.25, 0.3) is 0 Å². The van der Waals surface area contributed by atoms with E-state index >= 15 is 0 Å². The number of nitrogens with zero attached hydrogens (tertiary/aromatic N) is 3. The van der Waals surface area contributed by atoms with Crippen LogP contribution in [0.15, 0.2) is 63.5 Å². The first kappa shape index (κ1) is 17.9. The van der Waals surface area contributed by atoms with Crippen LogP contribution >= 0.6 is 27.5 Å². The monoisotopic (exact) mass is 437 g/mol. The fraction of sp³-hybridized carbons (Fsp3) is 0.118. The largest absolute Gasteiger partial charge is 0.264 e. The van der Waals surface area contributed by atoms with Gasteiger partial charge in [0.2, 0.25) is 10.0 Å². The maximum atomic E-state index is 12.4. The molecule has 5 nitrogen and oxygen atoms in total. The number of hydrogen-bond acceptors (Lipinski definition) is 4. The molecule has 0 fully saturated rings. The molecule has 128 valence electrons. The van der Waals surface area contributed by atoms with Crippen molar-refractivity contribution in [2.24, 2.45) is 9.98 Å². The molecule has 0 atom stereocenters. The van der Waals surface area contributed by atoms with Crippen molar-refractivity contribution in [3.8, 4) is 0 Å². The van der Waals surface area contributed by atoms with Crippen molar-refractivity contribution in [3.05, 3.63) is 64.1 Å². The zero-order valence-corrected chi connectivity index (χ0v) is 16.1. The highest BCUT2D eigenvalue weighted by Crippen LogP contribution is 2.44. The van der Waals surface area contributed by atoms with Gasteiger partial charge < -0.3 is 0 Å². The summed E-state index contributed by atoms with van der Waals surface area (Å²) in [5.41, 5.74) is 2.11. The molecule has 3 rings (SSSR count). The van der Waals surface area contributed by atoms with Gasteiger partial charge in [-0.25, -0.2) is 8.42 Å². The van der Waals surface area contributed by atoms with Gasteiger partial charge in [0.1, 0.15) is 6.01 Å². The molecule has 0 aliphatic carbocycles. The molecule has 0 aromatic heterocycles. The lowest BCUT2D eigenvalue weighted by Crippen LogP contribution is -2.26. The highest BCUT2D eigenvalue weighted by molar-refractivity contribution is 9.10.